The first-order valence-corrected chi connectivity index (χ1v) is 7.92. The maximum absolute atomic E-state index is 6.44. The van der Waals surface area contributed by atoms with Crippen molar-refractivity contribution in [3.8, 4) is 0 Å². The van der Waals surface area contributed by atoms with Crippen LogP contribution in [-0.2, 0) is 11.2 Å². The monoisotopic (exact) mass is 275 g/mol. The molecule has 0 aliphatic carbocycles. The molecule has 0 amide bonds. The maximum Gasteiger partial charge on any atom is 0.0807 e. The molecule has 0 bridgehead atoms. The Balaban J connectivity index is 1.80. The van der Waals surface area contributed by atoms with Crippen molar-refractivity contribution < 1.29 is 4.74 Å². The van der Waals surface area contributed by atoms with Crippen LogP contribution in [-0.4, -0.2) is 18.2 Å². The lowest BCUT2D eigenvalue weighted by atomic mass is 9.85. The van der Waals surface area contributed by atoms with E-state index in [4.69, 9.17) is 10.5 Å². The van der Waals surface area contributed by atoms with Crippen LogP contribution in [0.1, 0.15) is 31.7 Å². The molecule has 2 atom stereocenters. The van der Waals surface area contributed by atoms with Gasteiger partial charge in [0.25, 0.3) is 0 Å². The van der Waals surface area contributed by atoms with Crippen molar-refractivity contribution in [2.45, 2.75) is 44.2 Å². The summed E-state index contributed by atoms with van der Waals surface area (Å²) in [5.74, 6) is 0. The Morgan fingerprint density at radius 1 is 1.37 bits per heavy atom. The minimum atomic E-state index is -0.151. The zero-order valence-corrected chi connectivity index (χ0v) is 12.2. The van der Waals surface area contributed by atoms with Crippen molar-refractivity contribution in [3.63, 3.8) is 0 Å². The van der Waals surface area contributed by atoms with Crippen molar-refractivity contribution in [3.05, 3.63) is 35.2 Å². The first-order chi connectivity index (χ1) is 9.19. The first-order valence-electron chi connectivity index (χ1n) is 7.04. The molecule has 3 rings (SSSR count). The molecule has 2 heterocycles. The van der Waals surface area contributed by atoms with Crippen molar-refractivity contribution in [1.29, 1.82) is 0 Å². The lowest BCUT2D eigenvalue weighted by Gasteiger charge is -2.38. The van der Waals surface area contributed by atoms with Crippen molar-refractivity contribution in [2.75, 3.05) is 6.61 Å². The molecule has 19 heavy (non-hydrogen) atoms. The zero-order chi connectivity index (χ0) is 13.3. The van der Waals surface area contributed by atoms with E-state index >= 15 is 0 Å². The molecule has 2 nitrogen and oxygen atoms in total. The molecule has 102 valence electrons. The molecular weight excluding hydrogens is 254 g/mol. The van der Waals surface area contributed by atoms with Gasteiger partial charge in [-0.15, -0.1) is 11.3 Å². The molecule has 2 unspecified atom stereocenters. The fourth-order valence-electron chi connectivity index (χ4n) is 2.89. The molecule has 1 saturated heterocycles. The molecule has 1 aromatic carbocycles. The summed E-state index contributed by atoms with van der Waals surface area (Å²) in [4.78, 5) is 0. The van der Waals surface area contributed by atoms with Gasteiger partial charge in [0.1, 0.15) is 0 Å². The lowest BCUT2D eigenvalue weighted by molar-refractivity contribution is -0.0807. The number of rotatable bonds is 3. The molecule has 1 fully saturated rings. The van der Waals surface area contributed by atoms with Gasteiger partial charge in [0.05, 0.1) is 5.60 Å². The number of thiophene rings is 1. The Hall–Kier alpha value is -0.900. The quantitative estimate of drug-likeness (QED) is 0.926. The van der Waals surface area contributed by atoms with Gasteiger partial charge in [-0.1, -0.05) is 18.2 Å². The van der Waals surface area contributed by atoms with Crippen LogP contribution in [0.3, 0.4) is 0 Å². The largest absolute Gasteiger partial charge is 0.374 e. The van der Waals surface area contributed by atoms with Gasteiger partial charge in [0.15, 0.2) is 0 Å². The fraction of sp³-hybridized carbons (Fsp3) is 0.500. The minimum Gasteiger partial charge on any atom is -0.374 e. The first kappa shape index (κ1) is 13.1. The average molecular weight is 275 g/mol. The van der Waals surface area contributed by atoms with Gasteiger partial charge in [-0.05, 0) is 55.0 Å². The third-order valence-electron chi connectivity index (χ3n) is 4.28. The normalized spacial score (nSPS) is 25.6. The molecule has 0 saturated carbocycles. The third kappa shape index (κ3) is 2.55. The second kappa shape index (κ2) is 5.23. The summed E-state index contributed by atoms with van der Waals surface area (Å²) in [5.41, 5.74) is 7.66. The summed E-state index contributed by atoms with van der Waals surface area (Å²) in [6.07, 6.45) is 4.38. The van der Waals surface area contributed by atoms with Gasteiger partial charge < -0.3 is 10.5 Å². The topological polar surface area (TPSA) is 35.2 Å². The minimum absolute atomic E-state index is 0.0748. The van der Waals surface area contributed by atoms with Crippen LogP contribution < -0.4 is 5.73 Å². The van der Waals surface area contributed by atoms with Gasteiger partial charge in [-0.25, -0.2) is 0 Å². The molecule has 2 aromatic rings. The van der Waals surface area contributed by atoms with Crippen molar-refractivity contribution in [2.24, 2.45) is 5.73 Å². The van der Waals surface area contributed by atoms with Gasteiger partial charge in [-0.3, -0.25) is 0 Å². The van der Waals surface area contributed by atoms with E-state index in [0.717, 1.165) is 19.4 Å². The molecular formula is C16H21NOS. The van der Waals surface area contributed by atoms with E-state index in [0.29, 0.717) is 0 Å². The SMILES string of the molecule is CC1(C(N)Cc2csc3ccccc23)CCCCO1. The van der Waals surface area contributed by atoms with Gasteiger partial charge >= 0.3 is 0 Å². The van der Waals surface area contributed by atoms with E-state index in [1.165, 1.54) is 28.5 Å². The summed E-state index contributed by atoms with van der Waals surface area (Å²) in [7, 11) is 0. The van der Waals surface area contributed by atoms with Crippen LogP contribution >= 0.6 is 11.3 Å². The van der Waals surface area contributed by atoms with Crippen LogP contribution in [0.15, 0.2) is 29.6 Å². The summed E-state index contributed by atoms with van der Waals surface area (Å²) in [6.45, 7) is 3.03. The highest BCUT2D eigenvalue weighted by atomic mass is 32.1. The lowest BCUT2D eigenvalue weighted by Crippen LogP contribution is -2.50. The van der Waals surface area contributed by atoms with Gasteiger partial charge in [-0.2, -0.15) is 0 Å². The standard InChI is InChI=1S/C16H21NOS/c1-16(8-4-5-9-18-16)15(17)10-12-11-19-14-7-3-2-6-13(12)14/h2-3,6-7,11,15H,4-5,8-10,17H2,1H3. The summed E-state index contributed by atoms with van der Waals surface area (Å²) in [5, 5.41) is 3.60. The molecule has 1 aromatic heterocycles. The average Bonchev–Trinajstić information content (AvgIpc) is 2.83. The molecule has 0 spiro atoms. The van der Waals surface area contributed by atoms with E-state index < -0.39 is 0 Å². The third-order valence-corrected chi connectivity index (χ3v) is 5.30. The molecule has 3 heteroatoms. The second-order valence-electron chi connectivity index (χ2n) is 5.69. The van der Waals surface area contributed by atoms with Crippen LogP contribution in [0.2, 0.25) is 0 Å². The molecule has 2 N–H and O–H groups in total. The fourth-order valence-corrected chi connectivity index (χ4v) is 3.87. The highest BCUT2D eigenvalue weighted by Gasteiger charge is 2.34. The molecule has 1 aliphatic heterocycles. The van der Waals surface area contributed by atoms with Crippen LogP contribution in [0.5, 0.6) is 0 Å². The summed E-state index contributed by atoms with van der Waals surface area (Å²) < 4.78 is 7.31. The Morgan fingerprint density at radius 2 is 2.21 bits per heavy atom. The van der Waals surface area contributed by atoms with E-state index in [2.05, 4.69) is 36.6 Å². The zero-order valence-electron chi connectivity index (χ0n) is 11.4. The predicted molar refractivity (Wildman–Crippen MR) is 81.7 cm³/mol. The number of nitrogens with two attached hydrogens (primary N) is 1. The predicted octanol–water partition coefficient (Wildman–Crippen LogP) is 3.73. The number of hydrogen-bond acceptors (Lipinski definition) is 3. The van der Waals surface area contributed by atoms with Gasteiger partial charge in [0, 0.05) is 17.3 Å². The number of fused-ring (bicyclic) bond motifs is 1. The van der Waals surface area contributed by atoms with E-state index in [1.54, 1.807) is 11.3 Å². The van der Waals surface area contributed by atoms with Crippen molar-refractivity contribution in [1.82, 2.24) is 0 Å². The number of hydrogen-bond donors (Lipinski definition) is 1. The van der Waals surface area contributed by atoms with Crippen molar-refractivity contribution >= 4 is 21.4 Å². The molecule has 1 aliphatic rings. The van der Waals surface area contributed by atoms with E-state index in [9.17, 15) is 0 Å². The number of benzene rings is 1. The molecule has 0 radical (unpaired) electrons. The van der Waals surface area contributed by atoms with Crippen LogP contribution in [0.4, 0.5) is 0 Å². The number of ether oxygens (including phenoxy) is 1. The van der Waals surface area contributed by atoms with E-state index in [-0.39, 0.29) is 11.6 Å². The highest BCUT2D eigenvalue weighted by molar-refractivity contribution is 7.17. The van der Waals surface area contributed by atoms with E-state index in [1.807, 2.05) is 0 Å². The Labute approximate surface area is 118 Å². The van der Waals surface area contributed by atoms with Gasteiger partial charge in [0.2, 0.25) is 0 Å². The van der Waals surface area contributed by atoms with Crippen LogP contribution in [0.25, 0.3) is 10.1 Å². The smallest absolute Gasteiger partial charge is 0.0807 e. The Kier molecular flexibility index (Phi) is 3.61. The summed E-state index contributed by atoms with van der Waals surface area (Å²) >= 11 is 1.81. The maximum atomic E-state index is 6.44. The van der Waals surface area contributed by atoms with Crippen LogP contribution in [0, 0.1) is 0 Å². The Morgan fingerprint density at radius 3 is 3.00 bits per heavy atom. The second-order valence-corrected chi connectivity index (χ2v) is 6.60. The summed E-state index contributed by atoms with van der Waals surface area (Å²) in [6, 6.07) is 8.63. The highest BCUT2D eigenvalue weighted by Crippen LogP contribution is 2.32. The Bertz CT molecular complexity index is 557.